The average molecular weight is 292 g/mol. The molecule has 1 atom stereocenters. The standard InChI is InChI=1S/C17H28N2O2/c1-17(2,3)15(18)12-16(20)19-10-7-11-21-13-14-8-5-4-6-9-14/h4-6,8-9,15H,7,10-13,18H2,1-3H3,(H,19,20). The molecule has 0 aromatic heterocycles. The minimum atomic E-state index is -0.119. The third-order valence-corrected chi connectivity index (χ3v) is 3.42. The van der Waals surface area contributed by atoms with E-state index in [1.165, 1.54) is 0 Å². The van der Waals surface area contributed by atoms with Crippen LogP contribution < -0.4 is 11.1 Å². The minimum Gasteiger partial charge on any atom is -0.377 e. The SMILES string of the molecule is CC(C)(C)C(N)CC(=O)NCCCOCc1ccccc1. The summed E-state index contributed by atoms with van der Waals surface area (Å²) in [6.07, 6.45) is 1.18. The maximum Gasteiger partial charge on any atom is 0.221 e. The van der Waals surface area contributed by atoms with Gasteiger partial charge in [0.05, 0.1) is 6.61 Å². The number of carbonyl (C=O) groups excluding carboxylic acids is 1. The monoisotopic (exact) mass is 292 g/mol. The Balaban J connectivity index is 2.05. The second kappa shape index (κ2) is 8.80. The molecule has 118 valence electrons. The molecule has 0 fully saturated rings. The second-order valence-electron chi connectivity index (χ2n) is 6.42. The predicted molar refractivity (Wildman–Crippen MR) is 85.8 cm³/mol. The summed E-state index contributed by atoms with van der Waals surface area (Å²) in [6, 6.07) is 9.94. The van der Waals surface area contributed by atoms with Gasteiger partial charge < -0.3 is 15.8 Å². The van der Waals surface area contributed by atoms with E-state index in [-0.39, 0.29) is 17.4 Å². The molecule has 0 spiro atoms. The van der Waals surface area contributed by atoms with Crippen molar-refractivity contribution in [3.05, 3.63) is 35.9 Å². The highest BCUT2D eigenvalue weighted by Gasteiger charge is 2.22. The fourth-order valence-electron chi connectivity index (χ4n) is 1.74. The quantitative estimate of drug-likeness (QED) is 0.723. The summed E-state index contributed by atoms with van der Waals surface area (Å²) in [4.78, 5) is 11.7. The van der Waals surface area contributed by atoms with Crippen LogP contribution in [0, 0.1) is 5.41 Å². The molecule has 0 aliphatic rings. The van der Waals surface area contributed by atoms with Crippen molar-refractivity contribution in [3.8, 4) is 0 Å². The lowest BCUT2D eigenvalue weighted by Gasteiger charge is -2.26. The summed E-state index contributed by atoms with van der Waals surface area (Å²) in [5.74, 6) is 0.0143. The van der Waals surface area contributed by atoms with E-state index in [9.17, 15) is 4.79 Å². The summed E-state index contributed by atoms with van der Waals surface area (Å²) < 4.78 is 5.56. The molecular weight excluding hydrogens is 264 g/mol. The number of ether oxygens (including phenoxy) is 1. The Morgan fingerprint density at radius 2 is 1.95 bits per heavy atom. The van der Waals surface area contributed by atoms with Gasteiger partial charge in [0.2, 0.25) is 5.91 Å². The van der Waals surface area contributed by atoms with E-state index >= 15 is 0 Å². The van der Waals surface area contributed by atoms with Crippen molar-refractivity contribution in [2.45, 2.75) is 46.3 Å². The van der Waals surface area contributed by atoms with Crippen LogP contribution in [0.4, 0.5) is 0 Å². The number of hydrogen-bond donors (Lipinski definition) is 2. The molecule has 4 nitrogen and oxygen atoms in total. The Labute approximate surface area is 128 Å². The molecule has 1 unspecified atom stereocenters. The largest absolute Gasteiger partial charge is 0.377 e. The van der Waals surface area contributed by atoms with Gasteiger partial charge in [-0.15, -0.1) is 0 Å². The van der Waals surface area contributed by atoms with Gasteiger partial charge in [-0.2, -0.15) is 0 Å². The van der Waals surface area contributed by atoms with Crippen molar-refractivity contribution in [1.82, 2.24) is 5.32 Å². The molecule has 0 aliphatic heterocycles. The molecule has 4 heteroatoms. The molecule has 0 aliphatic carbocycles. The van der Waals surface area contributed by atoms with E-state index < -0.39 is 0 Å². The smallest absolute Gasteiger partial charge is 0.221 e. The van der Waals surface area contributed by atoms with Gasteiger partial charge in [-0.1, -0.05) is 51.1 Å². The molecule has 0 saturated heterocycles. The zero-order valence-electron chi connectivity index (χ0n) is 13.4. The Hall–Kier alpha value is -1.39. The van der Waals surface area contributed by atoms with Crippen LogP contribution in [0.2, 0.25) is 0 Å². The molecule has 1 aromatic carbocycles. The number of amides is 1. The van der Waals surface area contributed by atoms with Gasteiger partial charge in [0, 0.05) is 25.6 Å². The van der Waals surface area contributed by atoms with Crippen molar-refractivity contribution in [2.24, 2.45) is 11.1 Å². The highest BCUT2D eigenvalue weighted by molar-refractivity contribution is 5.76. The minimum absolute atomic E-state index is 0.0143. The Bertz CT molecular complexity index is 413. The van der Waals surface area contributed by atoms with Crippen LogP contribution in [-0.4, -0.2) is 25.1 Å². The topological polar surface area (TPSA) is 64.4 Å². The summed E-state index contributed by atoms with van der Waals surface area (Å²) in [5.41, 5.74) is 7.10. The van der Waals surface area contributed by atoms with Gasteiger partial charge in [-0.25, -0.2) is 0 Å². The molecule has 1 amide bonds. The summed E-state index contributed by atoms with van der Waals surface area (Å²) in [5, 5.41) is 2.89. The Kier molecular flexibility index (Phi) is 7.40. The van der Waals surface area contributed by atoms with E-state index in [4.69, 9.17) is 10.5 Å². The van der Waals surface area contributed by atoms with Gasteiger partial charge >= 0.3 is 0 Å². The molecule has 1 rings (SSSR count). The number of carbonyl (C=O) groups is 1. The predicted octanol–water partition coefficient (Wildman–Crippen LogP) is 2.47. The van der Waals surface area contributed by atoms with Crippen molar-refractivity contribution >= 4 is 5.91 Å². The first-order chi connectivity index (χ1) is 9.89. The molecule has 3 N–H and O–H groups in total. The Morgan fingerprint density at radius 3 is 2.57 bits per heavy atom. The third-order valence-electron chi connectivity index (χ3n) is 3.42. The lowest BCUT2D eigenvalue weighted by Crippen LogP contribution is -2.40. The van der Waals surface area contributed by atoms with Gasteiger partial charge in [-0.05, 0) is 17.4 Å². The van der Waals surface area contributed by atoms with Crippen LogP contribution in [0.5, 0.6) is 0 Å². The van der Waals surface area contributed by atoms with Crippen LogP contribution >= 0.6 is 0 Å². The van der Waals surface area contributed by atoms with Crippen molar-refractivity contribution in [3.63, 3.8) is 0 Å². The van der Waals surface area contributed by atoms with Crippen LogP contribution in [0.1, 0.15) is 39.2 Å². The number of benzene rings is 1. The van der Waals surface area contributed by atoms with Gasteiger partial charge in [0.25, 0.3) is 0 Å². The van der Waals surface area contributed by atoms with E-state index in [0.29, 0.717) is 26.2 Å². The molecule has 0 radical (unpaired) electrons. The summed E-state index contributed by atoms with van der Waals surface area (Å²) in [6.45, 7) is 8.02. The van der Waals surface area contributed by atoms with Gasteiger partial charge in [0.15, 0.2) is 0 Å². The van der Waals surface area contributed by atoms with Crippen LogP contribution in [-0.2, 0) is 16.1 Å². The van der Waals surface area contributed by atoms with Crippen LogP contribution in [0.15, 0.2) is 30.3 Å². The number of rotatable bonds is 8. The fraction of sp³-hybridized carbons (Fsp3) is 0.588. The number of nitrogens with one attached hydrogen (secondary N) is 1. The lowest BCUT2D eigenvalue weighted by molar-refractivity contribution is -0.122. The zero-order valence-corrected chi connectivity index (χ0v) is 13.4. The third kappa shape index (κ3) is 7.83. The van der Waals surface area contributed by atoms with E-state index in [0.717, 1.165) is 12.0 Å². The maximum absolute atomic E-state index is 11.7. The normalized spacial score (nSPS) is 13.0. The van der Waals surface area contributed by atoms with E-state index in [1.807, 2.05) is 51.1 Å². The molecule has 21 heavy (non-hydrogen) atoms. The number of hydrogen-bond acceptors (Lipinski definition) is 3. The summed E-state index contributed by atoms with van der Waals surface area (Å²) in [7, 11) is 0. The first-order valence-electron chi connectivity index (χ1n) is 7.53. The summed E-state index contributed by atoms with van der Waals surface area (Å²) >= 11 is 0. The molecule has 1 aromatic rings. The average Bonchev–Trinajstić information content (AvgIpc) is 2.42. The first kappa shape index (κ1) is 17.7. The fourth-order valence-corrected chi connectivity index (χ4v) is 1.74. The van der Waals surface area contributed by atoms with Crippen LogP contribution in [0.25, 0.3) is 0 Å². The highest BCUT2D eigenvalue weighted by Crippen LogP contribution is 2.19. The number of nitrogens with two attached hydrogens (primary N) is 1. The zero-order chi connectivity index (χ0) is 15.7. The first-order valence-corrected chi connectivity index (χ1v) is 7.53. The molecule has 0 saturated carbocycles. The van der Waals surface area contributed by atoms with Gasteiger partial charge in [-0.3, -0.25) is 4.79 Å². The highest BCUT2D eigenvalue weighted by atomic mass is 16.5. The van der Waals surface area contributed by atoms with Crippen molar-refractivity contribution in [2.75, 3.05) is 13.2 Å². The maximum atomic E-state index is 11.7. The van der Waals surface area contributed by atoms with E-state index in [2.05, 4.69) is 5.32 Å². The molecular formula is C17H28N2O2. The lowest BCUT2D eigenvalue weighted by atomic mass is 9.85. The van der Waals surface area contributed by atoms with E-state index in [1.54, 1.807) is 0 Å². The van der Waals surface area contributed by atoms with Crippen LogP contribution in [0.3, 0.4) is 0 Å². The molecule has 0 bridgehead atoms. The van der Waals surface area contributed by atoms with Crippen molar-refractivity contribution < 1.29 is 9.53 Å². The molecule has 0 heterocycles. The van der Waals surface area contributed by atoms with Crippen molar-refractivity contribution in [1.29, 1.82) is 0 Å². The Morgan fingerprint density at radius 1 is 1.29 bits per heavy atom. The second-order valence-corrected chi connectivity index (χ2v) is 6.42. The van der Waals surface area contributed by atoms with Gasteiger partial charge in [0.1, 0.15) is 0 Å².